The van der Waals surface area contributed by atoms with Crippen molar-refractivity contribution in [1.82, 2.24) is 29.6 Å². The van der Waals surface area contributed by atoms with Gasteiger partial charge in [0.15, 0.2) is 17.2 Å². The van der Waals surface area contributed by atoms with Gasteiger partial charge in [-0.3, -0.25) is 4.79 Å². The van der Waals surface area contributed by atoms with Gasteiger partial charge in [-0.25, -0.2) is 9.67 Å². The Labute approximate surface area is 217 Å². The van der Waals surface area contributed by atoms with Gasteiger partial charge in [-0.05, 0) is 37.5 Å². The molecule has 1 saturated carbocycles. The molecule has 37 heavy (non-hydrogen) atoms. The molecule has 6 rings (SSSR count). The number of nitrogens with one attached hydrogen (secondary N) is 3. The predicted octanol–water partition coefficient (Wildman–Crippen LogP) is 3.67. The van der Waals surface area contributed by atoms with E-state index >= 15 is 0 Å². The zero-order chi connectivity index (χ0) is 25.5. The molecule has 0 unspecified atom stereocenters. The second kappa shape index (κ2) is 9.49. The summed E-state index contributed by atoms with van der Waals surface area (Å²) < 4.78 is 14.7. The maximum atomic E-state index is 13.3. The van der Waals surface area contributed by atoms with Crippen molar-refractivity contribution >= 4 is 40.6 Å². The number of dihydropyridines is 1. The SMILES string of the molecule is Cn1c(Nc2cc(C3CC3)nn([C@H]3CCOC3)c2=O)nc2ncc(O/C(C=N)=C3\C=CC=CN3)c(Cl)c21. The van der Waals surface area contributed by atoms with Crippen LogP contribution in [0.1, 0.15) is 36.9 Å². The summed E-state index contributed by atoms with van der Waals surface area (Å²) in [5, 5.41) is 18.9. The Balaban J connectivity index is 1.36. The number of fused-ring (bicyclic) bond motifs is 1. The van der Waals surface area contributed by atoms with Crippen molar-refractivity contribution in [3.8, 4) is 5.75 Å². The van der Waals surface area contributed by atoms with Crippen LogP contribution < -0.4 is 20.9 Å². The van der Waals surface area contributed by atoms with Crippen molar-refractivity contribution in [2.24, 2.45) is 7.05 Å². The summed E-state index contributed by atoms with van der Waals surface area (Å²) in [6.07, 6.45) is 12.7. The van der Waals surface area contributed by atoms with Gasteiger partial charge < -0.3 is 30.1 Å². The number of aryl methyl sites for hydroxylation is 1. The van der Waals surface area contributed by atoms with Crippen molar-refractivity contribution in [1.29, 1.82) is 5.41 Å². The van der Waals surface area contributed by atoms with Crippen LogP contribution in [0.25, 0.3) is 11.2 Å². The molecule has 1 atom stereocenters. The molecule has 12 heteroatoms. The molecular weight excluding hydrogens is 496 g/mol. The molecule has 3 aliphatic rings. The first-order chi connectivity index (χ1) is 18.0. The summed E-state index contributed by atoms with van der Waals surface area (Å²) in [7, 11) is 1.79. The van der Waals surface area contributed by atoms with Gasteiger partial charge in [-0.15, -0.1) is 0 Å². The summed E-state index contributed by atoms with van der Waals surface area (Å²) in [4.78, 5) is 22.3. The standard InChI is InChI=1S/C25H25ClN8O3/c1-33-22-21(26)20(37-19(11-27)16-4-2-3-8-28-16)12-29-23(22)31-25(33)30-18-10-17(14-5-6-14)32-34(24(18)35)15-7-9-36-13-15/h2-4,8,10-12,14-15,27-28H,5-7,9,13H2,1H3,(H,29,30,31)/b19-16+,27-11?/t15-/m0/s1. The van der Waals surface area contributed by atoms with Gasteiger partial charge in [-0.2, -0.15) is 10.1 Å². The number of imidazole rings is 1. The van der Waals surface area contributed by atoms with Crippen LogP contribution in [0.3, 0.4) is 0 Å². The number of ether oxygens (including phenoxy) is 2. The number of allylic oxidation sites excluding steroid dienone is 4. The molecule has 0 radical (unpaired) electrons. The highest BCUT2D eigenvalue weighted by Gasteiger charge is 2.29. The molecule has 0 aromatic carbocycles. The highest BCUT2D eigenvalue weighted by atomic mass is 35.5. The van der Waals surface area contributed by atoms with Gasteiger partial charge in [0.05, 0.1) is 36.5 Å². The quantitative estimate of drug-likeness (QED) is 0.317. The highest BCUT2D eigenvalue weighted by molar-refractivity contribution is 6.36. The number of halogens is 1. The van der Waals surface area contributed by atoms with E-state index < -0.39 is 0 Å². The van der Waals surface area contributed by atoms with E-state index in [0.29, 0.717) is 47.6 Å². The topological polar surface area (TPSA) is 132 Å². The normalized spacial score (nSPS) is 20.2. The second-order valence-corrected chi connectivity index (χ2v) is 9.52. The van der Waals surface area contributed by atoms with Crippen LogP contribution in [-0.2, 0) is 11.8 Å². The number of hydrogen-bond donors (Lipinski definition) is 3. The lowest BCUT2D eigenvalue weighted by Gasteiger charge is -2.15. The molecule has 11 nitrogen and oxygen atoms in total. The first-order valence-electron chi connectivity index (χ1n) is 12.0. The Morgan fingerprint density at radius 1 is 1.35 bits per heavy atom. The summed E-state index contributed by atoms with van der Waals surface area (Å²) in [6, 6.07) is 1.74. The Hall–Kier alpha value is -3.96. The Morgan fingerprint density at radius 2 is 2.22 bits per heavy atom. The van der Waals surface area contributed by atoms with Crippen LogP contribution in [0, 0.1) is 5.41 Å². The van der Waals surface area contributed by atoms with Crippen LogP contribution in [-0.4, -0.2) is 43.7 Å². The van der Waals surface area contributed by atoms with Gasteiger partial charge in [0.25, 0.3) is 5.56 Å². The molecule has 0 bridgehead atoms. The molecule has 1 saturated heterocycles. The minimum Gasteiger partial charge on any atom is -0.450 e. The van der Waals surface area contributed by atoms with E-state index in [2.05, 4.69) is 25.7 Å². The van der Waals surface area contributed by atoms with E-state index in [4.69, 9.17) is 26.5 Å². The number of rotatable bonds is 7. The molecule has 2 fully saturated rings. The number of pyridine rings is 1. The fourth-order valence-corrected chi connectivity index (χ4v) is 4.70. The first-order valence-corrected chi connectivity index (χ1v) is 12.4. The van der Waals surface area contributed by atoms with Crippen molar-refractivity contribution in [2.75, 3.05) is 18.5 Å². The van der Waals surface area contributed by atoms with Crippen LogP contribution in [0.5, 0.6) is 5.75 Å². The predicted molar refractivity (Wildman–Crippen MR) is 140 cm³/mol. The lowest BCUT2D eigenvalue weighted by atomic mass is 10.2. The fourth-order valence-electron chi connectivity index (χ4n) is 4.41. The molecular formula is C25H25ClN8O3. The van der Waals surface area contributed by atoms with Gasteiger partial charge >= 0.3 is 0 Å². The Bertz CT molecular complexity index is 1540. The van der Waals surface area contributed by atoms with Gasteiger partial charge in [0.1, 0.15) is 16.2 Å². The Kier molecular flexibility index (Phi) is 6.01. The van der Waals surface area contributed by atoms with E-state index in [0.717, 1.165) is 31.2 Å². The molecule has 3 aromatic rings. The summed E-state index contributed by atoms with van der Waals surface area (Å²) in [5.74, 6) is 1.34. The van der Waals surface area contributed by atoms with Gasteiger partial charge in [0.2, 0.25) is 5.95 Å². The van der Waals surface area contributed by atoms with Crippen LogP contribution in [0.4, 0.5) is 11.6 Å². The zero-order valence-corrected chi connectivity index (χ0v) is 20.8. The monoisotopic (exact) mass is 520 g/mol. The molecule has 3 aromatic heterocycles. The van der Waals surface area contributed by atoms with Crippen molar-refractivity contribution in [2.45, 2.75) is 31.2 Å². The van der Waals surface area contributed by atoms with Crippen LogP contribution >= 0.6 is 11.6 Å². The number of hydrogen-bond acceptors (Lipinski definition) is 9. The third-order valence-corrected chi connectivity index (χ3v) is 6.94. The van der Waals surface area contributed by atoms with E-state index in [9.17, 15) is 4.79 Å². The maximum Gasteiger partial charge on any atom is 0.290 e. The summed E-state index contributed by atoms with van der Waals surface area (Å²) in [6.45, 7) is 1.10. The minimum atomic E-state index is -0.223. The largest absolute Gasteiger partial charge is 0.450 e. The second-order valence-electron chi connectivity index (χ2n) is 9.14. The number of nitrogens with zero attached hydrogens (tertiary/aromatic N) is 5. The maximum absolute atomic E-state index is 13.3. The molecule has 5 heterocycles. The third-order valence-electron chi connectivity index (χ3n) is 6.58. The zero-order valence-electron chi connectivity index (χ0n) is 20.1. The average molecular weight is 521 g/mol. The van der Waals surface area contributed by atoms with Crippen LogP contribution in [0.15, 0.2) is 52.9 Å². The lowest BCUT2D eigenvalue weighted by molar-refractivity contribution is 0.183. The van der Waals surface area contributed by atoms with E-state index in [-0.39, 0.29) is 28.1 Å². The molecule has 2 aliphatic heterocycles. The lowest BCUT2D eigenvalue weighted by Crippen LogP contribution is -2.30. The Morgan fingerprint density at radius 3 is 2.92 bits per heavy atom. The summed E-state index contributed by atoms with van der Waals surface area (Å²) >= 11 is 6.73. The first kappa shape index (κ1) is 23.4. The number of anilines is 2. The third kappa shape index (κ3) is 4.40. The molecule has 0 amide bonds. The van der Waals surface area contributed by atoms with Crippen molar-refractivity contribution < 1.29 is 9.47 Å². The van der Waals surface area contributed by atoms with Gasteiger partial charge in [0, 0.05) is 25.8 Å². The molecule has 190 valence electrons. The summed E-state index contributed by atoms with van der Waals surface area (Å²) in [5.41, 5.74) is 2.62. The van der Waals surface area contributed by atoms with E-state index in [1.54, 1.807) is 28.6 Å². The van der Waals surface area contributed by atoms with E-state index in [1.165, 1.54) is 6.20 Å². The average Bonchev–Trinajstić information content (AvgIpc) is 3.52. The molecule has 0 spiro atoms. The van der Waals surface area contributed by atoms with E-state index in [1.807, 2.05) is 18.2 Å². The minimum absolute atomic E-state index is 0.0795. The van der Waals surface area contributed by atoms with Crippen LogP contribution in [0.2, 0.25) is 5.02 Å². The van der Waals surface area contributed by atoms with Crippen molar-refractivity contribution in [3.63, 3.8) is 0 Å². The molecule has 1 aliphatic carbocycles. The van der Waals surface area contributed by atoms with Crippen molar-refractivity contribution in [3.05, 3.63) is 69.2 Å². The van der Waals surface area contributed by atoms with Gasteiger partial charge in [-0.1, -0.05) is 17.7 Å². The highest BCUT2D eigenvalue weighted by Crippen LogP contribution is 2.40. The smallest absolute Gasteiger partial charge is 0.290 e. The molecule has 3 N–H and O–H groups in total. The number of aromatic nitrogens is 5. The fraction of sp³-hybridized carbons (Fsp3) is 0.320.